The molecular formula is C8H11OP. The topological polar surface area (TPSA) is 17.1 Å². The van der Waals surface area contributed by atoms with Crippen LogP contribution in [0.25, 0.3) is 0 Å². The molecule has 0 saturated heterocycles. The number of hydrogen-bond acceptors (Lipinski definition) is 1. The summed E-state index contributed by atoms with van der Waals surface area (Å²) in [7, 11) is -0.573. The van der Waals surface area contributed by atoms with Gasteiger partial charge in [0.05, 0.1) is 8.46 Å². The third kappa shape index (κ3) is 2.36. The average molecular weight is 154 g/mol. The first-order valence-electron chi connectivity index (χ1n) is 3.41. The Morgan fingerprint density at radius 3 is 2.50 bits per heavy atom. The molecule has 10 heavy (non-hydrogen) atoms. The minimum atomic E-state index is -0.573. The number of benzene rings is 1. The van der Waals surface area contributed by atoms with Crippen molar-refractivity contribution in [1.82, 2.24) is 0 Å². The van der Waals surface area contributed by atoms with Gasteiger partial charge in [0.2, 0.25) is 0 Å². The summed E-state index contributed by atoms with van der Waals surface area (Å²) in [5.41, 5.74) is 1.28. The fourth-order valence-electron chi connectivity index (χ4n) is 0.870. The van der Waals surface area contributed by atoms with E-state index in [0.717, 1.165) is 12.6 Å². The first kappa shape index (κ1) is 7.56. The fourth-order valence-corrected chi connectivity index (χ4v) is 1.32. The van der Waals surface area contributed by atoms with Crippen LogP contribution in [0.15, 0.2) is 30.3 Å². The summed E-state index contributed by atoms with van der Waals surface area (Å²) in [5, 5.41) is 0. The van der Waals surface area contributed by atoms with E-state index in [1.165, 1.54) is 5.56 Å². The van der Waals surface area contributed by atoms with Gasteiger partial charge in [-0.25, -0.2) is 0 Å². The Hall–Kier alpha value is -0.550. The standard InChI is InChI=1S/C8H11OP/c9-10-7-6-8-4-2-1-3-5-8/h1-5H,6-7,10H2. The molecule has 0 amide bonds. The molecule has 1 unspecified atom stereocenters. The molecule has 0 aliphatic carbocycles. The molecular weight excluding hydrogens is 143 g/mol. The highest BCUT2D eigenvalue weighted by Crippen LogP contribution is 2.02. The van der Waals surface area contributed by atoms with E-state index in [9.17, 15) is 4.57 Å². The lowest BCUT2D eigenvalue weighted by Gasteiger charge is -1.93. The van der Waals surface area contributed by atoms with Crippen LogP contribution >= 0.6 is 8.46 Å². The van der Waals surface area contributed by atoms with E-state index in [0.29, 0.717) is 0 Å². The Labute approximate surface area is 62.3 Å². The average Bonchev–Trinajstić information content (AvgIpc) is 2.03. The van der Waals surface area contributed by atoms with Gasteiger partial charge in [-0.15, -0.1) is 0 Å². The molecule has 0 aliphatic rings. The summed E-state index contributed by atoms with van der Waals surface area (Å²) >= 11 is 0. The van der Waals surface area contributed by atoms with Crippen molar-refractivity contribution < 1.29 is 4.57 Å². The zero-order valence-electron chi connectivity index (χ0n) is 5.79. The van der Waals surface area contributed by atoms with Crippen molar-refractivity contribution in [3.05, 3.63) is 35.9 Å². The molecule has 0 heterocycles. The van der Waals surface area contributed by atoms with Crippen LogP contribution in [0.1, 0.15) is 5.56 Å². The predicted octanol–water partition coefficient (Wildman–Crippen LogP) is 1.99. The zero-order valence-corrected chi connectivity index (χ0v) is 6.94. The van der Waals surface area contributed by atoms with E-state index < -0.39 is 8.46 Å². The van der Waals surface area contributed by atoms with Crippen LogP contribution in [-0.4, -0.2) is 6.16 Å². The molecule has 2 heteroatoms. The number of aryl methyl sites for hydroxylation is 1. The van der Waals surface area contributed by atoms with Crippen molar-refractivity contribution in [2.75, 3.05) is 6.16 Å². The summed E-state index contributed by atoms with van der Waals surface area (Å²) < 4.78 is 10.2. The maximum Gasteiger partial charge on any atom is 0.0648 e. The van der Waals surface area contributed by atoms with Crippen LogP contribution in [-0.2, 0) is 11.0 Å². The van der Waals surface area contributed by atoms with Crippen LogP contribution in [0, 0.1) is 0 Å². The lowest BCUT2D eigenvalue weighted by Crippen LogP contribution is -1.83. The van der Waals surface area contributed by atoms with Crippen molar-refractivity contribution >= 4 is 8.46 Å². The molecule has 1 nitrogen and oxygen atoms in total. The van der Waals surface area contributed by atoms with E-state index in [2.05, 4.69) is 12.1 Å². The molecule has 0 aromatic heterocycles. The largest absolute Gasteiger partial charge is 0.330 e. The van der Waals surface area contributed by atoms with E-state index in [4.69, 9.17) is 0 Å². The maximum atomic E-state index is 10.2. The highest BCUT2D eigenvalue weighted by molar-refractivity contribution is 7.23. The molecule has 0 N–H and O–H groups in total. The third-order valence-corrected chi connectivity index (χ3v) is 1.92. The highest BCUT2D eigenvalue weighted by atomic mass is 31.1. The van der Waals surface area contributed by atoms with Crippen molar-refractivity contribution in [2.45, 2.75) is 6.42 Å². The van der Waals surface area contributed by atoms with Gasteiger partial charge in [0.15, 0.2) is 0 Å². The molecule has 1 rings (SSSR count). The van der Waals surface area contributed by atoms with Gasteiger partial charge in [-0.05, 0) is 18.1 Å². The minimum Gasteiger partial charge on any atom is -0.330 e. The molecule has 1 aromatic rings. The Morgan fingerprint density at radius 2 is 1.90 bits per heavy atom. The van der Waals surface area contributed by atoms with Gasteiger partial charge >= 0.3 is 0 Å². The molecule has 0 spiro atoms. The summed E-state index contributed by atoms with van der Waals surface area (Å²) in [6.07, 6.45) is 1.80. The Bertz CT molecular complexity index is 196. The van der Waals surface area contributed by atoms with E-state index in [-0.39, 0.29) is 0 Å². The highest BCUT2D eigenvalue weighted by Gasteiger charge is 1.87. The molecule has 1 aromatic carbocycles. The molecule has 0 aliphatic heterocycles. The molecule has 0 saturated carbocycles. The molecule has 0 bridgehead atoms. The maximum absolute atomic E-state index is 10.2. The van der Waals surface area contributed by atoms with Gasteiger partial charge in [-0.1, -0.05) is 30.3 Å². The predicted molar refractivity (Wildman–Crippen MR) is 45.4 cm³/mol. The van der Waals surface area contributed by atoms with Gasteiger partial charge in [0, 0.05) is 0 Å². The van der Waals surface area contributed by atoms with Crippen LogP contribution in [0.4, 0.5) is 0 Å². The Morgan fingerprint density at radius 1 is 1.20 bits per heavy atom. The quantitative estimate of drug-likeness (QED) is 0.608. The van der Waals surface area contributed by atoms with Crippen LogP contribution in [0.3, 0.4) is 0 Å². The van der Waals surface area contributed by atoms with E-state index in [1.54, 1.807) is 0 Å². The van der Waals surface area contributed by atoms with E-state index in [1.807, 2.05) is 18.2 Å². The molecule has 1 atom stereocenters. The molecule has 0 fully saturated rings. The number of hydrogen-bond donors (Lipinski definition) is 0. The second kappa shape index (κ2) is 4.29. The second-order valence-electron chi connectivity index (χ2n) is 2.19. The zero-order chi connectivity index (χ0) is 7.23. The van der Waals surface area contributed by atoms with Crippen molar-refractivity contribution in [3.8, 4) is 0 Å². The lowest BCUT2D eigenvalue weighted by molar-refractivity contribution is 0.598. The monoisotopic (exact) mass is 154 g/mol. The van der Waals surface area contributed by atoms with Gasteiger partial charge in [-0.2, -0.15) is 0 Å². The van der Waals surface area contributed by atoms with Gasteiger partial charge in [-0.3, -0.25) is 0 Å². The molecule has 54 valence electrons. The van der Waals surface area contributed by atoms with Crippen LogP contribution < -0.4 is 0 Å². The second-order valence-corrected chi connectivity index (χ2v) is 3.10. The Balaban J connectivity index is 2.50. The lowest BCUT2D eigenvalue weighted by atomic mass is 10.2. The van der Waals surface area contributed by atoms with Crippen molar-refractivity contribution in [1.29, 1.82) is 0 Å². The number of rotatable bonds is 3. The van der Waals surface area contributed by atoms with E-state index >= 15 is 0 Å². The van der Waals surface area contributed by atoms with Crippen molar-refractivity contribution in [3.63, 3.8) is 0 Å². The summed E-state index contributed by atoms with van der Waals surface area (Å²) in [6.45, 7) is 0. The normalized spacial score (nSPS) is 10.8. The van der Waals surface area contributed by atoms with Crippen LogP contribution in [0.2, 0.25) is 0 Å². The van der Waals surface area contributed by atoms with Gasteiger partial charge in [0.1, 0.15) is 0 Å². The summed E-state index contributed by atoms with van der Waals surface area (Å²) in [4.78, 5) is 0. The first-order valence-corrected chi connectivity index (χ1v) is 4.70. The van der Waals surface area contributed by atoms with Crippen LogP contribution in [0.5, 0.6) is 0 Å². The Kier molecular flexibility index (Phi) is 3.25. The van der Waals surface area contributed by atoms with Gasteiger partial charge in [0.25, 0.3) is 0 Å². The third-order valence-electron chi connectivity index (χ3n) is 1.39. The SMILES string of the molecule is O=[PH2]CCc1ccccc1. The fraction of sp³-hybridized carbons (Fsp3) is 0.250. The summed E-state index contributed by atoms with van der Waals surface area (Å²) in [6, 6.07) is 10.1. The minimum absolute atomic E-state index is 0.573. The smallest absolute Gasteiger partial charge is 0.0648 e. The molecule has 0 radical (unpaired) electrons. The first-order chi connectivity index (χ1) is 4.93. The summed E-state index contributed by atoms with van der Waals surface area (Å²) in [5.74, 6) is 0. The van der Waals surface area contributed by atoms with Crippen molar-refractivity contribution in [2.24, 2.45) is 0 Å². The van der Waals surface area contributed by atoms with Gasteiger partial charge < -0.3 is 4.57 Å².